The zero-order chi connectivity index (χ0) is 14.0. The normalized spacial score (nSPS) is 12.9. The van der Waals surface area contributed by atoms with Gasteiger partial charge in [0.15, 0.2) is 0 Å². The Labute approximate surface area is 113 Å². The Hall–Kier alpha value is -0.770. The first-order valence-corrected chi connectivity index (χ1v) is 7.16. The summed E-state index contributed by atoms with van der Waals surface area (Å²) in [5.41, 5.74) is 2.88. The lowest BCUT2D eigenvalue weighted by Gasteiger charge is -2.23. The van der Waals surface area contributed by atoms with E-state index in [2.05, 4.69) is 50.4 Å². The van der Waals surface area contributed by atoms with Gasteiger partial charge in [-0.2, -0.15) is 0 Å². The summed E-state index contributed by atoms with van der Waals surface area (Å²) in [4.78, 5) is 4.53. The lowest BCUT2D eigenvalue weighted by molar-refractivity contribution is 0.332. The van der Waals surface area contributed by atoms with Gasteiger partial charge in [-0.3, -0.25) is 10.4 Å². The first-order valence-electron chi connectivity index (χ1n) is 7.16. The van der Waals surface area contributed by atoms with Gasteiger partial charge >= 0.3 is 0 Å². The number of aliphatic imine (C=N–C) groups is 1. The van der Waals surface area contributed by atoms with Gasteiger partial charge in [0.1, 0.15) is 0 Å². The van der Waals surface area contributed by atoms with Gasteiger partial charge in [0.25, 0.3) is 0 Å². The minimum Gasteiger partial charge on any atom is -0.355 e. The topological polar surface area (TPSA) is 62.4 Å². The van der Waals surface area contributed by atoms with Gasteiger partial charge in [0, 0.05) is 13.1 Å². The maximum Gasteiger partial charge on any atom is 0.205 e. The third-order valence-corrected chi connectivity index (χ3v) is 2.94. The molecule has 0 aromatic carbocycles. The molecule has 0 saturated carbocycles. The standard InChI is InChI=1S/C14H32N4/c1-6-7-8-9-14(4,5)11-17-13(18-15)16-10-12(2)3/h12H,6-11,15H2,1-5H3,(H2,16,17,18). The number of nitrogens with zero attached hydrogens (tertiary/aromatic N) is 1. The van der Waals surface area contributed by atoms with E-state index in [0.717, 1.165) is 13.1 Å². The summed E-state index contributed by atoms with van der Waals surface area (Å²) in [7, 11) is 0. The molecule has 0 spiro atoms. The van der Waals surface area contributed by atoms with Gasteiger partial charge < -0.3 is 5.32 Å². The highest BCUT2D eigenvalue weighted by Crippen LogP contribution is 2.23. The number of rotatable bonds is 8. The van der Waals surface area contributed by atoms with Crippen molar-refractivity contribution in [1.29, 1.82) is 0 Å². The maximum atomic E-state index is 5.47. The molecule has 0 unspecified atom stereocenters. The molecule has 4 N–H and O–H groups in total. The van der Waals surface area contributed by atoms with Crippen molar-refractivity contribution >= 4 is 5.96 Å². The number of hydrogen-bond donors (Lipinski definition) is 3. The van der Waals surface area contributed by atoms with Crippen molar-refractivity contribution in [1.82, 2.24) is 10.7 Å². The summed E-state index contributed by atoms with van der Waals surface area (Å²) in [5, 5.41) is 3.22. The number of nitrogens with one attached hydrogen (secondary N) is 2. The van der Waals surface area contributed by atoms with Crippen molar-refractivity contribution in [3.63, 3.8) is 0 Å². The van der Waals surface area contributed by atoms with Gasteiger partial charge in [-0.25, -0.2) is 5.84 Å². The lowest BCUT2D eigenvalue weighted by Crippen LogP contribution is -2.43. The molecule has 0 aromatic heterocycles. The molecular weight excluding hydrogens is 224 g/mol. The third-order valence-electron chi connectivity index (χ3n) is 2.94. The van der Waals surface area contributed by atoms with Gasteiger partial charge in [0.05, 0.1) is 0 Å². The SMILES string of the molecule is CCCCCC(C)(C)CN=C(NN)NCC(C)C. The van der Waals surface area contributed by atoms with Crippen LogP contribution in [0.25, 0.3) is 0 Å². The van der Waals surface area contributed by atoms with Gasteiger partial charge in [0.2, 0.25) is 5.96 Å². The van der Waals surface area contributed by atoms with Crippen LogP contribution in [0.15, 0.2) is 4.99 Å². The van der Waals surface area contributed by atoms with Crippen LogP contribution in [0.3, 0.4) is 0 Å². The van der Waals surface area contributed by atoms with Crippen molar-refractivity contribution < 1.29 is 0 Å². The molecule has 0 bridgehead atoms. The molecule has 0 saturated heterocycles. The van der Waals surface area contributed by atoms with Crippen molar-refractivity contribution in [2.45, 2.75) is 60.3 Å². The van der Waals surface area contributed by atoms with Crippen molar-refractivity contribution in [2.75, 3.05) is 13.1 Å². The Morgan fingerprint density at radius 1 is 1.28 bits per heavy atom. The van der Waals surface area contributed by atoms with E-state index >= 15 is 0 Å². The highest BCUT2D eigenvalue weighted by molar-refractivity contribution is 5.79. The second-order valence-corrected chi connectivity index (χ2v) is 6.21. The first-order chi connectivity index (χ1) is 8.41. The number of guanidine groups is 1. The number of nitrogens with two attached hydrogens (primary N) is 1. The maximum absolute atomic E-state index is 5.47. The Morgan fingerprint density at radius 3 is 2.44 bits per heavy atom. The van der Waals surface area contributed by atoms with E-state index in [1.807, 2.05) is 0 Å². The van der Waals surface area contributed by atoms with Crippen LogP contribution in [0, 0.1) is 11.3 Å². The quantitative estimate of drug-likeness (QED) is 0.206. The molecule has 0 heterocycles. The molecule has 0 aromatic rings. The van der Waals surface area contributed by atoms with E-state index in [4.69, 9.17) is 5.84 Å². The van der Waals surface area contributed by atoms with Crippen molar-refractivity contribution in [3.05, 3.63) is 0 Å². The number of hydrazine groups is 1. The average molecular weight is 256 g/mol. The average Bonchev–Trinajstić information content (AvgIpc) is 2.29. The third kappa shape index (κ3) is 9.28. The second kappa shape index (κ2) is 9.20. The molecule has 108 valence electrons. The van der Waals surface area contributed by atoms with E-state index in [9.17, 15) is 0 Å². The fourth-order valence-corrected chi connectivity index (χ4v) is 1.68. The first kappa shape index (κ1) is 17.2. The van der Waals surface area contributed by atoms with Crippen LogP contribution in [0.2, 0.25) is 0 Å². The Bertz CT molecular complexity index is 234. The molecule has 0 fully saturated rings. The minimum absolute atomic E-state index is 0.247. The Kier molecular flexibility index (Phi) is 8.81. The van der Waals surface area contributed by atoms with Gasteiger partial charge in [-0.15, -0.1) is 0 Å². The molecule has 0 radical (unpaired) electrons. The van der Waals surface area contributed by atoms with Crippen molar-refractivity contribution in [2.24, 2.45) is 22.2 Å². The molecule has 0 rings (SSSR count). The molecule has 0 aliphatic carbocycles. The highest BCUT2D eigenvalue weighted by atomic mass is 15.3. The highest BCUT2D eigenvalue weighted by Gasteiger charge is 2.16. The predicted octanol–water partition coefficient (Wildman–Crippen LogP) is 2.66. The van der Waals surface area contributed by atoms with Gasteiger partial charge in [-0.1, -0.05) is 53.9 Å². The molecular formula is C14H32N4. The van der Waals surface area contributed by atoms with Crippen molar-refractivity contribution in [3.8, 4) is 0 Å². The van der Waals surface area contributed by atoms with E-state index < -0.39 is 0 Å². The molecule has 0 atom stereocenters. The summed E-state index contributed by atoms with van der Waals surface area (Å²) in [6.45, 7) is 12.8. The molecule has 0 aliphatic rings. The van der Waals surface area contributed by atoms with Crippen LogP contribution in [0.4, 0.5) is 0 Å². The zero-order valence-electron chi connectivity index (χ0n) is 12.8. The fraction of sp³-hybridized carbons (Fsp3) is 0.929. The summed E-state index contributed by atoms with van der Waals surface area (Å²) < 4.78 is 0. The number of unbranched alkanes of at least 4 members (excludes halogenated alkanes) is 2. The molecule has 0 amide bonds. The van der Waals surface area contributed by atoms with Crippen LogP contribution >= 0.6 is 0 Å². The van der Waals surface area contributed by atoms with E-state index in [-0.39, 0.29) is 5.41 Å². The fourth-order valence-electron chi connectivity index (χ4n) is 1.68. The van der Waals surface area contributed by atoms with E-state index in [0.29, 0.717) is 11.9 Å². The van der Waals surface area contributed by atoms with Crippen LogP contribution in [0.1, 0.15) is 60.3 Å². The minimum atomic E-state index is 0.247. The predicted molar refractivity (Wildman–Crippen MR) is 80.4 cm³/mol. The van der Waals surface area contributed by atoms with Crippen LogP contribution in [-0.2, 0) is 0 Å². The summed E-state index contributed by atoms with van der Waals surface area (Å²) in [5.74, 6) is 6.75. The summed E-state index contributed by atoms with van der Waals surface area (Å²) in [6, 6.07) is 0. The van der Waals surface area contributed by atoms with E-state index in [1.54, 1.807) is 0 Å². The monoisotopic (exact) mass is 256 g/mol. The summed E-state index contributed by atoms with van der Waals surface area (Å²) in [6.07, 6.45) is 5.07. The van der Waals surface area contributed by atoms with Crippen LogP contribution < -0.4 is 16.6 Å². The number of hydrogen-bond acceptors (Lipinski definition) is 2. The molecule has 18 heavy (non-hydrogen) atoms. The largest absolute Gasteiger partial charge is 0.355 e. The van der Waals surface area contributed by atoms with Crippen LogP contribution in [0.5, 0.6) is 0 Å². The second-order valence-electron chi connectivity index (χ2n) is 6.21. The molecule has 0 aliphatic heterocycles. The zero-order valence-corrected chi connectivity index (χ0v) is 12.8. The molecule has 4 heteroatoms. The van der Waals surface area contributed by atoms with Crippen LogP contribution in [-0.4, -0.2) is 19.0 Å². The van der Waals surface area contributed by atoms with Gasteiger partial charge in [-0.05, 0) is 17.8 Å². The Balaban J connectivity index is 4.11. The summed E-state index contributed by atoms with van der Waals surface area (Å²) >= 11 is 0. The van der Waals surface area contributed by atoms with E-state index in [1.165, 1.54) is 25.7 Å². The Morgan fingerprint density at radius 2 is 1.94 bits per heavy atom. The smallest absolute Gasteiger partial charge is 0.205 e. The molecule has 4 nitrogen and oxygen atoms in total. The lowest BCUT2D eigenvalue weighted by atomic mass is 9.87.